The molecule has 2 rings (SSSR count). The quantitative estimate of drug-likeness (QED) is 0.708. The van der Waals surface area contributed by atoms with Gasteiger partial charge in [-0.1, -0.05) is 26.2 Å². The Morgan fingerprint density at radius 3 is 2.42 bits per heavy atom. The Morgan fingerprint density at radius 2 is 1.83 bits per heavy atom. The lowest BCUT2D eigenvalue weighted by Crippen LogP contribution is -2.43. The third kappa shape index (κ3) is 5.04. The lowest BCUT2D eigenvalue weighted by Gasteiger charge is -2.28. The second kappa shape index (κ2) is 7.76. The van der Waals surface area contributed by atoms with Gasteiger partial charge in [-0.15, -0.1) is 0 Å². The zero-order valence-corrected chi connectivity index (χ0v) is 14.4. The van der Waals surface area contributed by atoms with Crippen LogP contribution in [0.3, 0.4) is 0 Å². The van der Waals surface area contributed by atoms with Crippen molar-refractivity contribution in [3.05, 3.63) is 24.3 Å². The molecule has 0 spiro atoms. The van der Waals surface area contributed by atoms with Crippen LogP contribution in [0.25, 0.3) is 0 Å². The van der Waals surface area contributed by atoms with Gasteiger partial charge in [-0.2, -0.15) is 0 Å². The molecule has 0 saturated heterocycles. The molecule has 1 fully saturated rings. The first-order chi connectivity index (χ1) is 11.3. The Morgan fingerprint density at radius 1 is 1.17 bits per heavy atom. The Balaban J connectivity index is 1.90. The monoisotopic (exact) mass is 353 g/mol. The maximum Gasteiger partial charge on any atom is 0.313 e. The van der Waals surface area contributed by atoms with Crippen molar-refractivity contribution in [1.82, 2.24) is 5.32 Å². The summed E-state index contributed by atoms with van der Waals surface area (Å²) in [5, 5.41) is 10.2. The molecule has 2 atom stereocenters. The molecule has 0 bridgehead atoms. The molecule has 132 valence electrons. The summed E-state index contributed by atoms with van der Waals surface area (Å²) in [7, 11) is -3.78. The third-order valence-electron chi connectivity index (χ3n) is 4.34. The predicted molar refractivity (Wildman–Crippen MR) is 90.6 cm³/mol. The number of carbonyl (C=O) groups is 2. The second-order valence-electron chi connectivity index (χ2n) is 6.13. The van der Waals surface area contributed by atoms with Crippen molar-refractivity contribution in [3.63, 3.8) is 0 Å². The van der Waals surface area contributed by atoms with E-state index in [4.69, 9.17) is 5.14 Å². The van der Waals surface area contributed by atoms with Gasteiger partial charge >= 0.3 is 11.8 Å². The van der Waals surface area contributed by atoms with Crippen molar-refractivity contribution < 1.29 is 18.0 Å². The zero-order chi connectivity index (χ0) is 17.7. The van der Waals surface area contributed by atoms with Crippen LogP contribution in [0.15, 0.2) is 29.2 Å². The number of benzene rings is 1. The van der Waals surface area contributed by atoms with E-state index in [-0.39, 0.29) is 10.9 Å². The molecule has 4 N–H and O–H groups in total. The standard InChI is InChI=1S/C16H23N3O4S/c1-2-11-4-3-5-13(10-11)19-16(21)15(20)18-12-6-8-14(9-7-12)24(17,22)23/h6-9,11,13H,2-5,10H2,1H3,(H,18,20)(H,19,21)(H2,17,22,23)/t11-,13-/m1/s1. The Labute approximate surface area is 142 Å². The van der Waals surface area contributed by atoms with Gasteiger partial charge in [0, 0.05) is 11.7 Å². The number of nitrogens with one attached hydrogen (secondary N) is 2. The van der Waals surface area contributed by atoms with E-state index in [1.165, 1.54) is 30.7 Å². The van der Waals surface area contributed by atoms with Crippen LogP contribution in [0, 0.1) is 5.92 Å². The van der Waals surface area contributed by atoms with E-state index in [1.54, 1.807) is 0 Å². The van der Waals surface area contributed by atoms with Gasteiger partial charge in [-0.3, -0.25) is 9.59 Å². The molecular weight excluding hydrogens is 330 g/mol. The molecule has 1 aromatic carbocycles. The molecule has 0 unspecified atom stereocenters. The number of anilines is 1. The van der Waals surface area contributed by atoms with Crippen LogP contribution in [0.5, 0.6) is 0 Å². The molecule has 7 nitrogen and oxygen atoms in total. The van der Waals surface area contributed by atoms with Crippen LogP contribution >= 0.6 is 0 Å². The third-order valence-corrected chi connectivity index (χ3v) is 5.27. The van der Waals surface area contributed by atoms with E-state index in [0.717, 1.165) is 25.7 Å². The predicted octanol–water partition coefficient (Wildman–Crippen LogP) is 1.36. The van der Waals surface area contributed by atoms with E-state index in [2.05, 4.69) is 17.6 Å². The number of amides is 2. The van der Waals surface area contributed by atoms with Gasteiger partial charge in [0.2, 0.25) is 10.0 Å². The first-order valence-electron chi connectivity index (χ1n) is 8.04. The molecule has 0 aliphatic heterocycles. The van der Waals surface area contributed by atoms with E-state index in [1.807, 2.05) is 0 Å². The molecule has 1 aromatic rings. The normalized spacial score (nSPS) is 21.1. The number of sulfonamides is 1. The molecule has 8 heteroatoms. The Bertz CT molecular complexity index is 701. The highest BCUT2D eigenvalue weighted by molar-refractivity contribution is 7.89. The maximum atomic E-state index is 12.0. The summed E-state index contributed by atoms with van der Waals surface area (Å²) in [6.45, 7) is 2.13. The first kappa shape index (κ1) is 18.4. The smallest absolute Gasteiger partial charge is 0.313 e. The zero-order valence-electron chi connectivity index (χ0n) is 13.6. The molecule has 1 aliphatic carbocycles. The summed E-state index contributed by atoms with van der Waals surface area (Å²) in [5.74, 6) is -0.845. The lowest BCUT2D eigenvalue weighted by atomic mass is 9.84. The number of primary sulfonamides is 1. The van der Waals surface area contributed by atoms with Gasteiger partial charge in [-0.25, -0.2) is 13.6 Å². The van der Waals surface area contributed by atoms with E-state index >= 15 is 0 Å². The Hall–Kier alpha value is -1.93. The van der Waals surface area contributed by atoms with Crippen molar-refractivity contribution >= 4 is 27.5 Å². The summed E-state index contributed by atoms with van der Waals surface area (Å²) < 4.78 is 22.3. The highest BCUT2D eigenvalue weighted by Crippen LogP contribution is 2.26. The summed E-state index contributed by atoms with van der Waals surface area (Å²) in [6.07, 6.45) is 5.09. The fraction of sp³-hybridized carbons (Fsp3) is 0.500. The topological polar surface area (TPSA) is 118 Å². The molecular formula is C16H23N3O4S. The summed E-state index contributed by atoms with van der Waals surface area (Å²) in [6, 6.07) is 5.36. The molecule has 0 radical (unpaired) electrons. The summed E-state index contributed by atoms with van der Waals surface area (Å²) in [5.41, 5.74) is 0.331. The average Bonchev–Trinajstić information content (AvgIpc) is 2.54. The van der Waals surface area contributed by atoms with Crippen LogP contribution in [0.1, 0.15) is 39.0 Å². The number of hydrogen-bond acceptors (Lipinski definition) is 4. The van der Waals surface area contributed by atoms with Crippen LogP contribution in [0.2, 0.25) is 0 Å². The van der Waals surface area contributed by atoms with Gasteiger partial charge in [0.15, 0.2) is 0 Å². The molecule has 1 saturated carbocycles. The SMILES string of the molecule is CC[C@@H]1CCC[C@@H](NC(=O)C(=O)Nc2ccc(S(N)(=O)=O)cc2)C1. The van der Waals surface area contributed by atoms with Crippen molar-refractivity contribution in [3.8, 4) is 0 Å². The van der Waals surface area contributed by atoms with Gasteiger partial charge < -0.3 is 10.6 Å². The van der Waals surface area contributed by atoms with Gasteiger partial charge in [0.05, 0.1) is 4.90 Å². The van der Waals surface area contributed by atoms with Crippen LogP contribution in [-0.2, 0) is 19.6 Å². The minimum atomic E-state index is -3.78. The first-order valence-corrected chi connectivity index (χ1v) is 9.59. The minimum absolute atomic E-state index is 0.0340. The van der Waals surface area contributed by atoms with Gasteiger partial charge in [-0.05, 0) is 43.0 Å². The van der Waals surface area contributed by atoms with Crippen molar-refractivity contribution in [1.29, 1.82) is 0 Å². The number of hydrogen-bond donors (Lipinski definition) is 3. The molecule has 2 amide bonds. The summed E-state index contributed by atoms with van der Waals surface area (Å²) in [4.78, 5) is 23.9. The van der Waals surface area contributed by atoms with E-state index in [9.17, 15) is 18.0 Å². The van der Waals surface area contributed by atoms with Crippen molar-refractivity contribution in [2.45, 2.75) is 50.0 Å². The van der Waals surface area contributed by atoms with Crippen molar-refractivity contribution in [2.75, 3.05) is 5.32 Å². The Kier molecular flexibility index (Phi) is 5.95. The van der Waals surface area contributed by atoms with Crippen LogP contribution in [0.4, 0.5) is 5.69 Å². The van der Waals surface area contributed by atoms with Crippen LogP contribution in [-0.4, -0.2) is 26.3 Å². The number of nitrogens with two attached hydrogens (primary N) is 1. The maximum absolute atomic E-state index is 12.0. The largest absolute Gasteiger partial charge is 0.345 e. The molecule has 0 aromatic heterocycles. The minimum Gasteiger partial charge on any atom is -0.345 e. The summed E-state index contributed by atoms with van der Waals surface area (Å²) >= 11 is 0. The molecule has 0 heterocycles. The fourth-order valence-corrected chi connectivity index (χ4v) is 3.48. The van der Waals surface area contributed by atoms with E-state index < -0.39 is 21.8 Å². The number of rotatable bonds is 4. The second-order valence-corrected chi connectivity index (χ2v) is 7.70. The van der Waals surface area contributed by atoms with Crippen LogP contribution < -0.4 is 15.8 Å². The van der Waals surface area contributed by atoms with E-state index in [0.29, 0.717) is 11.6 Å². The van der Waals surface area contributed by atoms with Crippen molar-refractivity contribution in [2.24, 2.45) is 11.1 Å². The van der Waals surface area contributed by atoms with Gasteiger partial charge in [0.25, 0.3) is 0 Å². The fourth-order valence-electron chi connectivity index (χ4n) is 2.96. The van der Waals surface area contributed by atoms with Gasteiger partial charge in [0.1, 0.15) is 0 Å². The lowest BCUT2D eigenvalue weighted by molar-refractivity contribution is -0.136. The average molecular weight is 353 g/mol. The highest BCUT2D eigenvalue weighted by atomic mass is 32.2. The molecule has 24 heavy (non-hydrogen) atoms. The number of carbonyl (C=O) groups excluding carboxylic acids is 2. The highest BCUT2D eigenvalue weighted by Gasteiger charge is 2.24. The molecule has 1 aliphatic rings.